The Balaban J connectivity index is 1.91. The zero-order chi connectivity index (χ0) is 16.1. The van der Waals surface area contributed by atoms with Crippen molar-refractivity contribution in [1.82, 2.24) is 9.29 Å². The van der Waals surface area contributed by atoms with E-state index in [4.69, 9.17) is 0 Å². The lowest BCUT2D eigenvalue weighted by Crippen LogP contribution is -2.41. The molecule has 1 fully saturated rings. The SMILES string of the molecule is CC(C)(C)N1Cc2nc(N3CCC(O)CC3)ccc2S1(=O)=O. The van der Waals surface area contributed by atoms with E-state index in [-0.39, 0.29) is 6.10 Å². The maximum Gasteiger partial charge on any atom is 0.245 e. The highest BCUT2D eigenvalue weighted by molar-refractivity contribution is 7.89. The molecule has 3 rings (SSSR count). The first-order chi connectivity index (χ1) is 10.2. The summed E-state index contributed by atoms with van der Waals surface area (Å²) < 4.78 is 26.7. The molecule has 6 nitrogen and oxygen atoms in total. The lowest BCUT2D eigenvalue weighted by Gasteiger charge is -2.30. The van der Waals surface area contributed by atoms with Gasteiger partial charge in [-0.15, -0.1) is 0 Å². The van der Waals surface area contributed by atoms with Crippen LogP contribution < -0.4 is 4.90 Å². The molecule has 2 aliphatic heterocycles. The zero-order valence-corrected chi connectivity index (χ0v) is 14.1. The lowest BCUT2D eigenvalue weighted by atomic mass is 10.1. The molecule has 122 valence electrons. The molecule has 22 heavy (non-hydrogen) atoms. The average Bonchev–Trinajstić information content (AvgIpc) is 2.71. The van der Waals surface area contributed by atoms with Crippen molar-refractivity contribution in [3.05, 3.63) is 17.8 Å². The molecular formula is C15H23N3O3S. The monoisotopic (exact) mass is 325 g/mol. The average molecular weight is 325 g/mol. The van der Waals surface area contributed by atoms with Gasteiger partial charge in [-0.2, -0.15) is 4.31 Å². The van der Waals surface area contributed by atoms with Gasteiger partial charge in [0.15, 0.2) is 0 Å². The highest BCUT2D eigenvalue weighted by Gasteiger charge is 2.42. The third-order valence-corrected chi connectivity index (χ3v) is 6.50. The van der Waals surface area contributed by atoms with Crippen LogP contribution >= 0.6 is 0 Å². The van der Waals surface area contributed by atoms with E-state index in [0.717, 1.165) is 31.7 Å². The second kappa shape index (κ2) is 5.18. The lowest BCUT2D eigenvalue weighted by molar-refractivity contribution is 0.145. The van der Waals surface area contributed by atoms with Crippen LogP contribution in [0.4, 0.5) is 5.82 Å². The van der Waals surface area contributed by atoms with Gasteiger partial charge in [0.05, 0.1) is 18.3 Å². The molecule has 0 unspecified atom stereocenters. The fraction of sp³-hybridized carbons (Fsp3) is 0.667. The molecule has 3 heterocycles. The van der Waals surface area contributed by atoms with Crippen LogP contribution in [-0.2, 0) is 16.6 Å². The number of aliphatic hydroxyl groups excluding tert-OH is 1. The van der Waals surface area contributed by atoms with Crippen molar-refractivity contribution in [3.63, 3.8) is 0 Å². The predicted octanol–water partition coefficient (Wildman–Crippen LogP) is 1.35. The van der Waals surface area contributed by atoms with Gasteiger partial charge in [-0.3, -0.25) is 0 Å². The normalized spacial score (nSPS) is 22.8. The van der Waals surface area contributed by atoms with Crippen LogP contribution in [0.1, 0.15) is 39.3 Å². The summed E-state index contributed by atoms with van der Waals surface area (Å²) in [4.78, 5) is 7.02. The molecule has 1 N–H and O–H groups in total. The minimum absolute atomic E-state index is 0.234. The Morgan fingerprint density at radius 2 is 1.86 bits per heavy atom. The first-order valence-electron chi connectivity index (χ1n) is 7.65. The number of aromatic nitrogens is 1. The van der Waals surface area contributed by atoms with Crippen molar-refractivity contribution >= 4 is 15.8 Å². The van der Waals surface area contributed by atoms with Gasteiger partial charge in [0.1, 0.15) is 10.7 Å². The molecule has 0 amide bonds. The van der Waals surface area contributed by atoms with Crippen LogP contribution in [0.2, 0.25) is 0 Å². The minimum Gasteiger partial charge on any atom is -0.393 e. The summed E-state index contributed by atoms with van der Waals surface area (Å²) in [6, 6.07) is 3.45. The van der Waals surface area contributed by atoms with E-state index in [9.17, 15) is 13.5 Å². The number of fused-ring (bicyclic) bond motifs is 1. The van der Waals surface area contributed by atoms with Gasteiger partial charge in [0.2, 0.25) is 10.0 Å². The van der Waals surface area contributed by atoms with Gasteiger partial charge in [-0.05, 0) is 45.7 Å². The molecule has 7 heteroatoms. The van der Waals surface area contributed by atoms with Crippen molar-refractivity contribution < 1.29 is 13.5 Å². The Kier molecular flexibility index (Phi) is 3.70. The maximum absolute atomic E-state index is 12.6. The number of hydrogen-bond acceptors (Lipinski definition) is 5. The molecule has 1 saturated heterocycles. The topological polar surface area (TPSA) is 73.7 Å². The molecule has 0 saturated carbocycles. The van der Waals surface area contributed by atoms with E-state index in [2.05, 4.69) is 9.88 Å². The number of nitrogens with zero attached hydrogens (tertiary/aromatic N) is 3. The summed E-state index contributed by atoms with van der Waals surface area (Å²) in [5.41, 5.74) is 0.160. The van der Waals surface area contributed by atoms with E-state index in [1.807, 2.05) is 20.8 Å². The zero-order valence-electron chi connectivity index (χ0n) is 13.3. The summed E-state index contributed by atoms with van der Waals surface area (Å²) in [5, 5.41) is 9.59. The smallest absolute Gasteiger partial charge is 0.245 e. The number of pyridine rings is 1. The second-order valence-electron chi connectivity index (χ2n) is 7.02. The largest absolute Gasteiger partial charge is 0.393 e. The van der Waals surface area contributed by atoms with Gasteiger partial charge in [-0.1, -0.05) is 0 Å². The molecule has 0 radical (unpaired) electrons. The molecule has 1 aromatic rings. The summed E-state index contributed by atoms with van der Waals surface area (Å²) in [7, 11) is -3.45. The van der Waals surface area contributed by atoms with Crippen LogP contribution in [-0.4, -0.2) is 47.5 Å². The minimum atomic E-state index is -3.45. The third kappa shape index (κ3) is 2.61. The van der Waals surface area contributed by atoms with Crippen molar-refractivity contribution in [1.29, 1.82) is 0 Å². The Bertz CT molecular complexity index is 674. The quantitative estimate of drug-likeness (QED) is 0.843. The molecule has 1 aromatic heterocycles. The third-order valence-electron chi connectivity index (χ3n) is 4.32. The summed E-state index contributed by atoms with van der Waals surface area (Å²) in [6.45, 7) is 7.51. The van der Waals surface area contributed by atoms with Gasteiger partial charge in [0, 0.05) is 18.6 Å². The predicted molar refractivity (Wildman–Crippen MR) is 84.2 cm³/mol. The van der Waals surface area contributed by atoms with Crippen LogP contribution in [0.5, 0.6) is 0 Å². The first kappa shape index (κ1) is 15.7. The van der Waals surface area contributed by atoms with Gasteiger partial charge >= 0.3 is 0 Å². The Morgan fingerprint density at radius 1 is 1.23 bits per heavy atom. The van der Waals surface area contributed by atoms with Crippen LogP contribution in [0.15, 0.2) is 17.0 Å². The van der Waals surface area contributed by atoms with E-state index in [1.54, 1.807) is 12.1 Å². The fourth-order valence-corrected chi connectivity index (χ4v) is 4.93. The summed E-state index contributed by atoms with van der Waals surface area (Å²) in [5.74, 6) is 0.802. The number of piperidine rings is 1. The number of anilines is 1. The molecule has 0 aromatic carbocycles. The van der Waals surface area contributed by atoms with Crippen molar-refractivity contribution in [3.8, 4) is 0 Å². The van der Waals surface area contributed by atoms with Crippen molar-refractivity contribution in [2.45, 2.75) is 56.7 Å². The second-order valence-corrected chi connectivity index (χ2v) is 8.85. The number of sulfonamides is 1. The molecule has 0 aliphatic carbocycles. The van der Waals surface area contributed by atoms with Crippen molar-refractivity contribution in [2.24, 2.45) is 0 Å². The van der Waals surface area contributed by atoms with Crippen LogP contribution in [0, 0.1) is 0 Å². The number of hydrogen-bond donors (Lipinski definition) is 1. The van der Waals surface area contributed by atoms with Gasteiger partial charge in [-0.25, -0.2) is 13.4 Å². The maximum atomic E-state index is 12.6. The highest BCUT2D eigenvalue weighted by Crippen LogP contribution is 2.35. The Hall–Kier alpha value is -1.18. The number of aliphatic hydroxyl groups is 1. The summed E-state index contributed by atoms with van der Waals surface area (Å²) >= 11 is 0. The van der Waals surface area contributed by atoms with Crippen LogP contribution in [0.25, 0.3) is 0 Å². The molecule has 0 bridgehead atoms. The fourth-order valence-electron chi connectivity index (χ4n) is 3.03. The summed E-state index contributed by atoms with van der Waals surface area (Å²) in [6.07, 6.45) is 1.22. The van der Waals surface area contributed by atoms with E-state index in [0.29, 0.717) is 17.1 Å². The van der Waals surface area contributed by atoms with Gasteiger partial charge < -0.3 is 10.0 Å². The number of rotatable bonds is 1. The standard InChI is InChI=1S/C15H23N3O3S/c1-15(2,3)18-10-12-13(22(18,20)21)4-5-14(16-12)17-8-6-11(19)7-9-17/h4-5,11,19H,6-10H2,1-3H3. The first-order valence-corrected chi connectivity index (χ1v) is 9.09. The molecular weight excluding hydrogens is 302 g/mol. The molecule has 0 spiro atoms. The van der Waals surface area contributed by atoms with E-state index >= 15 is 0 Å². The van der Waals surface area contributed by atoms with Crippen molar-refractivity contribution in [2.75, 3.05) is 18.0 Å². The van der Waals surface area contributed by atoms with Gasteiger partial charge in [0.25, 0.3) is 0 Å². The van der Waals surface area contributed by atoms with E-state index in [1.165, 1.54) is 4.31 Å². The highest BCUT2D eigenvalue weighted by atomic mass is 32.2. The Morgan fingerprint density at radius 3 is 2.45 bits per heavy atom. The molecule has 0 atom stereocenters. The molecule has 2 aliphatic rings. The van der Waals surface area contributed by atoms with Crippen LogP contribution in [0.3, 0.4) is 0 Å². The van der Waals surface area contributed by atoms with E-state index < -0.39 is 15.6 Å². The Labute approximate surface area is 131 Å².